The Labute approximate surface area is 88.5 Å². The lowest BCUT2D eigenvalue weighted by Gasteiger charge is -2.37. The fraction of sp³-hybridized carbons (Fsp3) is 1.00. The van der Waals surface area contributed by atoms with Crippen molar-refractivity contribution >= 4 is 0 Å². The normalized spacial score (nSPS) is 34.9. The molecule has 2 nitrogen and oxygen atoms in total. The molecule has 1 saturated carbocycles. The zero-order valence-corrected chi connectivity index (χ0v) is 10.00. The van der Waals surface area contributed by atoms with Crippen molar-refractivity contribution in [2.24, 2.45) is 5.92 Å². The Balaban J connectivity index is 2.01. The maximum Gasteiger partial charge on any atom is 0.134 e. The Morgan fingerprint density at radius 1 is 1.07 bits per heavy atom. The van der Waals surface area contributed by atoms with Gasteiger partial charge in [0.15, 0.2) is 0 Å². The topological polar surface area (TPSA) is 3.24 Å². The van der Waals surface area contributed by atoms with Crippen molar-refractivity contribution in [1.29, 1.82) is 0 Å². The average Bonchev–Trinajstić information content (AvgIpc) is 2.41. The molecule has 1 atom stereocenters. The number of rotatable bonds is 1. The predicted octanol–water partition coefficient (Wildman–Crippen LogP) is 1.91. The van der Waals surface area contributed by atoms with E-state index >= 15 is 0 Å². The lowest BCUT2D eigenvalue weighted by molar-refractivity contribution is -0.909. The molecule has 1 unspecified atom stereocenters. The molecule has 0 bridgehead atoms. The molecule has 0 aromatic carbocycles. The summed E-state index contributed by atoms with van der Waals surface area (Å²) in [5.74, 6) is 1.00. The molecule has 14 heavy (non-hydrogen) atoms. The molecule has 1 saturated heterocycles. The highest BCUT2D eigenvalue weighted by Gasteiger charge is 2.42. The van der Waals surface area contributed by atoms with E-state index in [0.717, 1.165) is 12.0 Å². The van der Waals surface area contributed by atoms with Crippen molar-refractivity contribution in [3.63, 3.8) is 0 Å². The number of likely N-dealkylation sites (N-methyl/N-ethyl adjacent to an activating group) is 2. The molecule has 1 heterocycles. The van der Waals surface area contributed by atoms with Gasteiger partial charge in [-0.3, -0.25) is 4.90 Å². The predicted molar refractivity (Wildman–Crippen MR) is 60.0 cm³/mol. The Bertz CT molecular complexity index is 194. The van der Waals surface area contributed by atoms with Gasteiger partial charge in [-0.25, -0.2) is 0 Å². The fourth-order valence-electron chi connectivity index (χ4n) is 3.56. The molecule has 82 valence electrons. The van der Waals surface area contributed by atoms with Crippen LogP contribution in [0.1, 0.15) is 32.1 Å². The minimum Gasteiger partial charge on any atom is -0.312 e. The average molecular weight is 197 g/mol. The zero-order valence-electron chi connectivity index (χ0n) is 10.00. The molecule has 0 aromatic heterocycles. The van der Waals surface area contributed by atoms with Gasteiger partial charge < -0.3 is 4.48 Å². The summed E-state index contributed by atoms with van der Waals surface area (Å²) in [7, 11) is 7.08. The molecule has 2 aliphatic rings. The van der Waals surface area contributed by atoms with Gasteiger partial charge in [0.1, 0.15) is 12.7 Å². The maximum absolute atomic E-state index is 2.50. The van der Waals surface area contributed by atoms with Crippen LogP contribution < -0.4 is 0 Å². The van der Waals surface area contributed by atoms with Crippen LogP contribution >= 0.6 is 0 Å². The molecule has 2 heteroatoms. The van der Waals surface area contributed by atoms with Crippen LogP contribution in [-0.2, 0) is 0 Å². The van der Waals surface area contributed by atoms with Gasteiger partial charge in [0.05, 0.1) is 20.6 Å². The van der Waals surface area contributed by atoms with E-state index < -0.39 is 0 Å². The Morgan fingerprint density at radius 3 is 2.21 bits per heavy atom. The largest absolute Gasteiger partial charge is 0.312 e. The Hall–Kier alpha value is -0.0800. The summed E-state index contributed by atoms with van der Waals surface area (Å²) in [6, 6.07) is 0.903. The number of nitrogens with zero attached hydrogens (tertiary/aromatic N) is 2. The SMILES string of the molecule is CN1CC(C2CCCCC2)[N+](C)(C)C1. The summed E-state index contributed by atoms with van der Waals surface area (Å²) in [6.07, 6.45) is 7.41. The first-order chi connectivity index (χ1) is 6.59. The highest BCUT2D eigenvalue weighted by Crippen LogP contribution is 2.33. The quantitative estimate of drug-likeness (QED) is 0.581. The molecule has 0 spiro atoms. The minimum absolute atomic E-state index is 0.903. The molecule has 0 amide bonds. The summed E-state index contributed by atoms with van der Waals surface area (Å²) in [4.78, 5) is 2.50. The van der Waals surface area contributed by atoms with Gasteiger partial charge in [-0.15, -0.1) is 0 Å². The molecular formula is C12H25N2+. The fourth-order valence-corrected chi connectivity index (χ4v) is 3.56. The standard InChI is InChI=1S/C12H25N2/c1-13-9-12(14(2,3)10-13)11-7-5-4-6-8-11/h11-12H,4-10H2,1-3H3/q+1. The molecule has 0 radical (unpaired) electrons. The van der Waals surface area contributed by atoms with Gasteiger partial charge in [-0.2, -0.15) is 0 Å². The van der Waals surface area contributed by atoms with Crippen molar-refractivity contribution in [2.45, 2.75) is 38.1 Å². The lowest BCUT2D eigenvalue weighted by atomic mass is 9.83. The number of hydrogen-bond donors (Lipinski definition) is 0. The van der Waals surface area contributed by atoms with Crippen LogP contribution in [0.4, 0.5) is 0 Å². The van der Waals surface area contributed by atoms with E-state index in [9.17, 15) is 0 Å². The van der Waals surface area contributed by atoms with E-state index in [0.29, 0.717) is 0 Å². The second-order valence-electron chi connectivity index (χ2n) is 5.92. The first kappa shape index (κ1) is 10.4. The van der Waals surface area contributed by atoms with Gasteiger partial charge in [0.2, 0.25) is 0 Å². The lowest BCUT2D eigenvalue weighted by Crippen LogP contribution is -2.49. The summed E-state index contributed by atoms with van der Waals surface area (Å²) >= 11 is 0. The first-order valence-corrected chi connectivity index (χ1v) is 6.11. The van der Waals surface area contributed by atoms with Crippen molar-refractivity contribution in [2.75, 3.05) is 34.4 Å². The zero-order chi connectivity index (χ0) is 10.2. The van der Waals surface area contributed by atoms with E-state index in [1.165, 1.54) is 49.8 Å². The minimum atomic E-state index is 0.903. The van der Waals surface area contributed by atoms with Gasteiger partial charge in [0, 0.05) is 5.92 Å². The Kier molecular flexibility index (Phi) is 2.85. The second kappa shape index (κ2) is 3.82. The van der Waals surface area contributed by atoms with Gasteiger partial charge in [0.25, 0.3) is 0 Å². The second-order valence-corrected chi connectivity index (χ2v) is 5.92. The third-order valence-electron chi connectivity index (χ3n) is 4.20. The van der Waals surface area contributed by atoms with Gasteiger partial charge in [-0.1, -0.05) is 19.3 Å². The van der Waals surface area contributed by atoms with Crippen LogP contribution in [-0.4, -0.2) is 49.8 Å². The number of hydrogen-bond acceptors (Lipinski definition) is 1. The summed E-state index contributed by atoms with van der Waals surface area (Å²) < 4.78 is 1.22. The van der Waals surface area contributed by atoms with Crippen LogP contribution in [0.3, 0.4) is 0 Å². The summed E-state index contributed by atoms with van der Waals surface area (Å²) in [5, 5.41) is 0. The highest BCUT2D eigenvalue weighted by atomic mass is 15.5. The summed E-state index contributed by atoms with van der Waals surface area (Å²) in [5.41, 5.74) is 0. The van der Waals surface area contributed by atoms with Crippen molar-refractivity contribution in [1.82, 2.24) is 4.90 Å². The molecular weight excluding hydrogens is 172 g/mol. The van der Waals surface area contributed by atoms with Gasteiger partial charge in [-0.05, 0) is 19.9 Å². The molecule has 1 aliphatic carbocycles. The van der Waals surface area contributed by atoms with Crippen LogP contribution in [0.5, 0.6) is 0 Å². The third kappa shape index (κ3) is 1.96. The van der Waals surface area contributed by atoms with Crippen molar-refractivity contribution in [3.05, 3.63) is 0 Å². The molecule has 1 aliphatic heterocycles. The molecule has 2 fully saturated rings. The molecule has 0 aromatic rings. The van der Waals surface area contributed by atoms with Crippen LogP contribution in [0, 0.1) is 5.92 Å². The Morgan fingerprint density at radius 2 is 1.71 bits per heavy atom. The molecule has 2 rings (SSSR count). The monoisotopic (exact) mass is 197 g/mol. The van der Waals surface area contributed by atoms with E-state index in [-0.39, 0.29) is 0 Å². The first-order valence-electron chi connectivity index (χ1n) is 6.11. The van der Waals surface area contributed by atoms with Gasteiger partial charge >= 0.3 is 0 Å². The van der Waals surface area contributed by atoms with Crippen LogP contribution in [0.15, 0.2) is 0 Å². The van der Waals surface area contributed by atoms with Crippen LogP contribution in [0.25, 0.3) is 0 Å². The maximum atomic E-state index is 2.50. The highest BCUT2D eigenvalue weighted by molar-refractivity contribution is 4.79. The van der Waals surface area contributed by atoms with Crippen LogP contribution in [0.2, 0.25) is 0 Å². The third-order valence-corrected chi connectivity index (χ3v) is 4.20. The van der Waals surface area contributed by atoms with Crippen molar-refractivity contribution < 1.29 is 4.48 Å². The smallest absolute Gasteiger partial charge is 0.134 e. The summed E-state index contributed by atoms with van der Waals surface area (Å²) in [6.45, 7) is 2.55. The number of quaternary nitrogens is 1. The molecule has 0 N–H and O–H groups in total. The van der Waals surface area contributed by atoms with E-state index in [4.69, 9.17) is 0 Å². The van der Waals surface area contributed by atoms with Crippen molar-refractivity contribution in [3.8, 4) is 0 Å². The van der Waals surface area contributed by atoms with E-state index in [2.05, 4.69) is 26.0 Å². The van der Waals surface area contributed by atoms with E-state index in [1.54, 1.807) is 0 Å². The van der Waals surface area contributed by atoms with E-state index in [1.807, 2.05) is 0 Å².